The third-order valence-electron chi connectivity index (χ3n) is 3.35. The van der Waals surface area contributed by atoms with Crippen molar-refractivity contribution in [2.75, 3.05) is 0 Å². The number of carbonyl (C=O) groups excluding carboxylic acids is 1. The number of hydrogen-bond donors (Lipinski definition) is 2. The number of hydrogen-bond acceptors (Lipinski definition) is 4. The standard InChI is InChI=1S/C15H13Cl2F3N2O2S/c1-8-7-25-13(22-8)14(24,15(18,19)20)5-12(23)21-6-9-2-3-10(16)4-11(9)17/h2-4,7,24H,5-6H2,1H3,(H,21,23). The zero-order valence-electron chi connectivity index (χ0n) is 12.8. The summed E-state index contributed by atoms with van der Waals surface area (Å²) in [6.45, 7) is 1.40. The van der Waals surface area contributed by atoms with Crippen LogP contribution in [0.25, 0.3) is 0 Å². The molecule has 0 aliphatic heterocycles. The molecule has 0 fully saturated rings. The Morgan fingerprint density at radius 2 is 2.04 bits per heavy atom. The largest absolute Gasteiger partial charge is 0.424 e. The molecule has 2 N–H and O–H groups in total. The first-order valence-corrected chi connectivity index (χ1v) is 8.59. The van der Waals surface area contributed by atoms with Crippen LogP contribution in [0, 0.1) is 6.92 Å². The van der Waals surface area contributed by atoms with Crippen LogP contribution < -0.4 is 5.32 Å². The summed E-state index contributed by atoms with van der Waals surface area (Å²) in [5.74, 6) is -0.987. The number of alkyl halides is 3. The molecule has 0 saturated carbocycles. The lowest BCUT2D eigenvalue weighted by molar-refractivity contribution is -0.267. The number of benzene rings is 1. The van der Waals surface area contributed by atoms with Crippen LogP contribution >= 0.6 is 34.5 Å². The molecular weight excluding hydrogens is 400 g/mol. The third-order valence-corrected chi connectivity index (χ3v) is 5.05. The molecule has 10 heteroatoms. The van der Waals surface area contributed by atoms with Gasteiger partial charge in [-0.05, 0) is 24.6 Å². The molecule has 0 aliphatic rings. The van der Waals surface area contributed by atoms with Crippen molar-refractivity contribution in [2.45, 2.75) is 31.7 Å². The number of halogens is 5. The molecular formula is C15H13Cl2F3N2O2S. The highest BCUT2D eigenvalue weighted by Gasteiger charge is 2.58. The molecule has 136 valence electrons. The summed E-state index contributed by atoms with van der Waals surface area (Å²) >= 11 is 12.3. The lowest BCUT2D eigenvalue weighted by atomic mass is 9.99. The Morgan fingerprint density at radius 1 is 1.36 bits per heavy atom. The van der Waals surface area contributed by atoms with Gasteiger partial charge < -0.3 is 10.4 Å². The van der Waals surface area contributed by atoms with Crippen LogP contribution in [-0.2, 0) is 16.9 Å². The highest BCUT2D eigenvalue weighted by molar-refractivity contribution is 7.09. The van der Waals surface area contributed by atoms with E-state index in [1.807, 2.05) is 0 Å². The van der Waals surface area contributed by atoms with E-state index in [4.69, 9.17) is 23.2 Å². The van der Waals surface area contributed by atoms with Gasteiger partial charge in [-0.15, -0.1) is 11.3 Å². The van der Waals surface area contributed by atoms with E-state index < -0.39 is 29.1 Å². The number of carbonyl (C=O) groups is 1. The summed E-state index contributed by atoms with van der Waals surface area (Å²) < 4.78 is 40.0. The fourth-order valence-electron chi connectivity index (χ4n) is 1.99. The number of nitrogens with zero attached hydrogens (tertiary/aromatic N) is 1. The van der Waals surface area contributed by atoms with Gasteiger partial charge in [-0.25, -0.2) is 4.98 Å². The van der Waals surface area contributed by atoms with Crippen LogP contribution in [0.4, 0.5) is 13.2 Å². The van der Waals surface area contributed by atoms with E-state index in [0.29, 0.717) is 27.6 Å². The average Bonchev–Trinajstić information content (AvgIpc) is 2.92. The number of aliphatic hydroxyl groups is 1. The lowest BCUT2D eigenvalue weighted by Crippen LogP contribution is -2.46. The fraction of sp³-hybridized carbons (Fsp3) is 0.333. The topological polar surface area (TPSA) is 62.2 Å². The maximum Gasteiger partial charge on any atom is 0.424 e. The van der Waals surface area contributed by atoms with Crippen molar-refractivity contribution in [1.29, 1.82) is 0 Å². The van der Waals surface area contributed by atoms with Crippen LogP contribution in [-0.4, -0.2) is 22.2 Å². The first-order valence-electron chi connectivity index (χ1n) is 6.95. The number of rotatable bonds is 5. The second-order valence-corrected chi connectivity index (χ2v) is 7.04. The van der Waals surface area contributed by atoms with Crippen molar-refractivity contribution < 1.29 is 23.1 Å². The predicted molar refractivity (Wildman–Crippen MR) is 89.7 cm³/mol. The number of nitrogens with one attached hydrogen (secondary N) is 1. The van der Waals surface area contributed by atoms with Crippen molar-refractivity contribution in [3.05, 3.63) is 49.9 Å². The van der Waals surface area contributed by atoms with Crippen LogP contribution in [0.2, 0.25) is 10.0 Å². The fourth-order valence-corrected chi connectivity index (χ4v) is 3.38. The zero-order chi connectivity index (χ0) is 18.8. The number of aromatic nitrogens is 1. The van der Waals surface area contributed by atoms with Crippen LogP contribution in [0.15, 0.2) is 23.6 Å². The molecule has 2 rings (SSSR count). The molecule has 0 spiro atoms. The van der Waals surface area contributed by atoms with E-state index in [0.717, 1.165) is 0 Å². The van der Waals surface area contributed by atoms with Gasteiger partial charge in [0.1, 0.15) is 5.01 Å². The maximum absolute atomic E-state index is 13.3. The Labute approximate surface area is 155 Å². The Kier molecular flexibility index (Phi) is 5.98. The molecule has 4 nitrogen and oxygen atoms in total. The minimum Gasteiger partial charge on any atom is -0.374 e. The summed E-state index contributed by atoms with van der Waals surface area (Å²) in [4.78, 5) is 15.7. The number of amides is 1. The molecule has 1 unspecified atom stereocenters. The Balaban J connectivity index is 2.12. The van der Waals surface area contributed by atoms with Gasteiger partial charge in [0.05, 0.1) is 6.42 Å². The average molecular weight is 413 g/mol. The lowest BCUT2D eigenvalue weighted by Gasteiger charge is -2.27. The smallest absolute Gasteiger partial charge is 0.374 e. The summed E-state index contributed by atoms with van der Waals surface area (Å²) in [5, 5.41) is 13.9. The van der Waals surface area contributed by atoms with Gasteiger partial charge in [-0.1, -0.05) is 29.3 Å². The van der Waals surface area contributed by atoms with E-state index in [2.05, 4.69) is 10.3 Å². The van der Waals surface area contributed by atoms with Gasteiger partial charge >= 0.3 is 6.18 Å². The van der Waals surface area contributed by atoms with E-state index in [-0.39, 0.29) is 11.6 Å². The summed E-state index contributed by atoms with van der Waals surface area (Å²) in [6, 6.07) is 4.54. The Bertz CT molecular complexity index is 782. The summed E-state index contributed by atoms with van der Waals surface area (Å²) in [7, 11) is 0. The molecule has 1 atom stereocenters. The molecule has 0 radical (unpaired) electrons. The van der Waals surface area contributed by atoms with Crippen molar-refractivity contribution in [2.24, 2.45) is 0 Å². The molecule has 1 aromatic carbocycles. The SMILES string of the molecule is Cc1csc(C(O)(CC(=O)NCc2ccc(Cl)cc2Cl)C(F)(F)F)n1. The molecule has 1 amide bonds. The van der Waals surface area contributed by atoms with Gasteiger partial charge in [0.15, 0.2) is 0 Å². The van der Waals surface area contributed by atoms with Crippen LogP contribution in [0.5, 0.6) is 0 Å². The van der Waals surface area contributed by atoms with Gasteiger partial charge in [0, 0.05) is 27.7 Å². The van der Waals surface area contributed by atoms with Crippen LogP contribution in [0.3, 0.4) is 0 Å². The first-order chi connectivity index (χ1) is 11.5. The van der Waals surface area contributed by atoms with E-state index in [9.17, 15) is 23.1 Å². The van der Waals surface area contributed by atoms with Crippen molar-refractivity contribution in [3.63, 3.8) is 0 Å². The molecule has 1 aromatic heterocycles. The molecule has 0 saturated heterocycles. The monoisotopic (exact) mass is 412 g/mol. The van der Waals surface area contributed by atoms with E-state index in [1.165, 1.54) is 18.4 Å². The molecule has 0 bridgehead atoms. The highest BCUT2D eigenvalue weighted by Crippen LogP contribution is 2.42. The normalized spacial score (nSPS) is 14.2. The molecule has 1 heterocycles. The Morgan fingerprint density at radius 3 is 2.56 bits per heavy atom. The second kappa shape index (κ2) is 7.49. The summed E-state index contributed by atoms with van der Waals surface area (Å²) in [6.07, 6.45) is -6.25. The maximum atomic E-state index is 13.3. The van der Waals surface area contributed by atoms with Crippen LogP contribution in [0.1, 0.15) is 22.7 Å². The van der Waals surface area contributed by atoms with Gasteiger partial charge in [-0.3, -0.25) is 4.79 Å². The van der Waals surface area contributed by atoms with Crippen molar-refractivity contribution in [1.82, 2.24) is 10.3 Å². The number of thiazole rings is 1. The van der Waals surface area contributed by atoms with Crippen molar-refractivity contribution in [3.8, 4) is 0 Å². The number of aryl methyl sites for hydroxylation is 1. The predicted octanol–water partition coefficient (Wildman–Crippen LogP) is 4.21. The third kappa shape index (κ3) is 4.63. The van der Waals surface area contributed by atoms with Gasteiger partial charge in [0.25, 0.3) is 0 Å². The molecule has 2 aromatic rings. The van der Waals surface area contributed by atoms with E-state index in [1.54, 1.807) is 12.1 Å². The van der Waals surface area contributed by atoms with Gasteiger partial charge in [0.2, 0.25) is 11.5 Å². The Hall–Kier alpha value is -1.35. The highest BCUT2D eigenvalue weighted by atomic mass is 35.5. The van der Waals surface area contributed by atoms with Gasteiger partial charge in [-0.2, -0.15) is 13.2 Å². The zero-order valence-corrected chi connectivity index (χ0v) is 15.2. The molecule has 0 aliphatic carbocycles. The van der Waals surface area contributed by atoms with Crippen molar-refractivity contribution >= 4 is 40.4 Å². The van der Waals surface area contributed by atoms with E-state index >= 15 is 0 Å². The minimum atomic E-state index is -5.05. The second-order valence-electron chi connectivity index (χ2n) is 5.34. The quantitative estimate of drug-likeness (QED) is 0.772. The minimum absolute atomic E-state index is 0.0976. The molecule has 25 heavy (non-hydrogen) atoms. The summed E-state index contributed by atoms with van der Waals surface area (Å²) in [5.41, 5.74) is -2.53. The first kappa shape index (κ1) is 20.0.